The molecule has 6 nitrogen and oxygen atoms in total. The van der Waals surface area contributed by atoms with Gasteiger partial charge in [0, 0.05) is 34.5 Å². The number of aromatic nitrogens is 2. The molecule has 1 amide bonds. The molecule has 1 saturated heterocycles. The van der Waals surface area contributed by atoms with Crippen LogP contribution in [-0.4, -0.2) is 41.7 Å². The number of benzene rings is 2. The summed E-state index contributed by atoms with van der Waals surface area (Å²) in [7, 11) is -3.04. The summed E-state index contributed by atoms with van der Waals surface area (Å²) in [6, 6.07) is 16.7. The topological polar surface area (TPSA) is 81.1 Å². The number of hydrogen-bond donors (Lipinski definition) is 1. The summed E-state index contributed by atoms with van der Waals surface area (Å²) in [4.78, 5) is 12.3. The number of sulfone groups is 1. The second kappa shape index (κ2) is 8.45. The highest BCUT2D eigenvalue weighted by molar-refractivity contribution is 7.91. The van der Waals surface area contributed by atoms with E-state index in [4.69, 9.17) is 16.7 Å². The lowest BCUT2D eigenvalue weighted by atomic mass is 10.1. The number of nitrogens with one attached hydrogen (secondary N) is 1. The molecule has 0 spiro atoms. The quantitative estimate of drug-likeness (QED) is 0.614. The van der Waals surface area contributed by atoms with Crippen molar-refractivity contribution in [2.45, 2.75) is 12.5 Å². The van der Waals surface area contributed by atoms with Gasteiger partial charge in [0.2, 0.25) is 5.91 Å². The molecule has 3 aromatic rings. The van der Waals surface area contributed by atoms with Crippen molar-refractivity contribution >= 4 is 33.4 Å². The standard InChI is InChI=1S/C22H20ClN3O3S/c23-18-9-6-16(7-10-18)22-17(14-26(25-22)20-4-2-1-3-5-20)8-11-21(27)24-19-12-13-30(28,29)15-19/h1-11,14,19H,12-13,15H2,(H,24,27)/b11-8+. The van der Waals surface area contributed by atoms with Gasteiger partial charge in [0.15, 0.2) is 9.84 Å². The first-order valence-electron chi connectivity index (χ1n) is 9.50. The third kappa shape index (κ3) is 4.80. The zero-order chi connectivity index (χ0) is 21.1. The molecule has 2 heterocycles. The summed E-state index contributed by atoms with van der Waals surface area (Å²) in [5, 5.41) is 8.08. The molecule has 2 aromatic carbocycles. The third-order valence-corrected chi connectivity index (χ3v) is 6.89. The number of carbonyl (C=O) groups excluding carboxylic acids is 1. The van der Waals surface area contributed by atoms with E-state index in [0.29, 0.717) is 17.1 Å². The van der Waals surface area contributed by atoms with Crippen LogP contribution in [0.1, 0.15) is 12.0 Å². The zero-order valence-electron chi connectivity index (χ0n) is 16.0. The highest BCUT2D eigenvalue weighted by Gasteiger charge is 2.28. The Morgan fingerprint density at radius 3 is 2.53 bits per heavy atom. The largest absolute Gasteiger partial charge is 0.349 e. The zero-order valence-corrected chi connectivity index (χ0v) is 17.6. The van der Waals surface area contributed by atoms with E-state index in [2.05, 4.69) is 5.32 Å². The van der Waals surface area contributed by atoms with Crippen LogP contribution < -0.4 is 5.32 Å². The molecule has 8 heteroatoms. The van der Waals surface area contributed by atoms with Gasteiger partial charge in [-0.1, -0.05) is 41.9 Å². The molecule has 1 unspecified atom stereocenters. The van der Waals surface area contributed by atoms with Crippen molar-refractivity contribution in [3.63, 3.8) is 0 Å². The summed E-state index contributed by atoms with van der Waals surface area (Å²) in [6.45, 7) is 0. The fraction of sp³-hybridized carbons (Fsp3) is 0.182. The normalized spacial score (nSPS) is 18.0. The smallest absolute Gasteiger partial charge is 0.244 e. The van der Waals surface area contributed by atoms with Crippen LogP contribution >= 0.6 is 11.6 Å². The van der Waals surface area contributed by atoms with Crippen molar-refractivity contribution < 1.29 is 13.2 Å². The van der Waals surface area contributed by atoms with E-state index in [9.17, 15) is 13.2 Å². The Kier molecular flexibility index (Phi) is 5.74. The minimum absolute atomic E-state index is 0.00541. The van der Waals surface area contributed by atoms with Gasteiger partial charge < -0.3 is 5.32 Å². The van der Waals surface area contributed by atoms with Crippen molar-refractivity contribution in [3.05, 3.63) is 77.5 Å². The monoisotopic (exact) mass is 441 g/mol. The molecule has 1 fully saturated rings. The van der Waals surface area contributed by atoms with Crippen LogP contribution in [0.25, 0.3) is 23.0 Å². The van der Waals surface area contributed by atoms with Gasteiger partial charge in [-0.25, -0.2) is 13.1 Å². The van der Waals surface area contributed by atoms with Gasteiger partial charge in [-0.05, 0) is 36.8 Å². The van der Waals surface area contributed by atoms with Crippen LogP contribution in [0.5, 0.6) is 0 Å². The number of amides is 1. The number of hydrogen-bond acceptors (Lipinski definition) is 4. The maximum absolute atomic E-state index is 12.3. The van der Waals surface area contributed by atoms with Crippen molar-refractivity contribution in [3.8, 4) is 16.9 Å². The SMILES string of the molecule is O=C(/C=C/c1cn(-c2ccccc2)nc1-c1ccc(Cl)cc1)NC1CCS(=O)(=O)C1. The molecule has 1 aromatic heterocycles. The molecule has 4 rings (SSSR count). The van der Waals surface area contributed by atoms with E-state index in [1.54, 1.807) is 22.9 Å². The maximum Gasteiger partial charge on any atom is 0.244 e. The minimum atomic E-state index is -3.04. The summed E-state index contributed by atoms with van der Waals surface area (Å²) in [5.74, 6) is -0.215. The Balaban J connectivity index is 1.60. The summed E-state index contributed by atoms with van der Waals surface area (Å²) >= 11 is 6.01. The summed E-state index contributed by atoms with van der Waals surface area (Å²) in [5.41, 5.74) is 3.24. The Hall–Kier alpha value is -2.90. The minimum Gasteiger partial charge on any atom is -0.349 e. The first kappa shape index (κ1) is 20.4. The molecule has 1 aliphatic rings. The van der Waals surface area contributed by atoms with E-state index in [1.165, 1.54) is 6.08 Å². The summed E-state index contributed by atoms with van der Waals surface area (Å²) in [6.07, 6.45) is 5.40. The molecular weight excluding hydrogens is 422 g/mol. The van der Waals surface area contributed by atoms with Gasteiger partial charge in [-0.2, -0.15) is 5.10 Å². The van der Waals surface area contributed by atoms with Crippen molar-refractivity contribution in [2.75, 3.05) is 11.5 Å². The number of para-hydroxylation sites is 1. The molecule has 0 bridgehead atoms. The second-order valence-corrected chi connectivity index (χ2v) is 9.83. The van der Waals surface area contributed by atoms with Gasteiger partial charge in [-0.15, -0.1) is 0 Å². The summed E-state index contributed by atoms with van der Waals surface area (Å²) < 4.78 is 24.9. The number of nitrogens with zero attached hydrogens (tertiary/aromatic N) is 2. The molecule has 0 radical (unpaired) electrons. The molecule has 30 heavy (non-hydrogen) atoms. The highest BCUT2D eigenvalue weighted by Crippen LogP contribution is 2.26. The predicted octanol–water partition coefficient (Wildman–Crippen LogP) is 3.51. The molecule has 1 N–H and O–H groups in total. The lowest BCUT2D eigenvalue weighted by Gasteiger charge is -2.07. The fourth-order valence-electron chi connectivity index (χ4n) is 3.38. The lowest BCUT2D eigenvalue weighted by molar-refractivity contribution is -0.116. The fourth-order valence-corrected chi connectivity index (χ4v) is 5.18. The van der Waals surface area contributed by atoms with Gasteiger partial charge in [0.1, 0.15) is 0 Å². The number of rotatable bonds is 5. The Morgan fingerprint density at radius 1 is 1.13 bits per heavy atom. The molecule has 1 aliphatic heterocycles. The Labute approximate surface area is 180 Å². The van der Waals surface area contributed by atoms with E-state index in [0.717, 1.165) is 16.8 Å². The predicted molar refractivity (Wildman–Crippen MR) is 118 cm³/mol. The van der Waals surface area contributed by atoms with Crippen molar-refractivity contribution in [1.29, 1.82) is 0 Å². The van der Waals surface area contributed by atoms with Crippen LogP contribution in [0, 0.1) is 0 Å². The maximum atomic E-state index is 12.3. The molecular formula is C22H20ClN3O3S. The third-order valence-electron chi connectivity index (χ3n) is 4.87. The van der Waals surface area contributed by atoms with Gasteiger partial charge in [-0.3, -0.25) is 4.79 Å². The number of halogens is 1. The average Bonchev–Trinajstić information content (AvgIpc) is 3.30. The van der Waals surface area contributed by atoms with Crippen LogP contribution in [0.3, 0.4) is 0 Å². The molecule has 0 aliphatic carbocycles. The van der Waals surface area contributed by atoms with Gasteiger partial charge in [0.05, 0.1) is 22.9 Å². The van der Waals surface area contributed by atoms with Crippen LogP contribution in [0.15, 0.2) is 66.9 Å². The van der Waals surface area contributed by atoms with Crippen molar-refractivity contribution in [2.24, 2.45) is 0 Å². The van der Waals surface area contributed by atoms with E-state index in [1.807, 2.05) is 48.7 Å². The highest BCUT2D eigenvalue weighted by atomic mass is 35.5. The molecule has 154 valence electrons. The number of carbonyl (C=O) groups is 1. The van der Waals surface area contributed by atoms with E-state index >= 15 is 0 Å². The van der Waals surface area contributed by atoms with E-state index in [-0.39, 0.29) is 23.5 Å². The molecule has 1 atom stereocenters. The van der Waals surface area contributed by atoms with Gasteiger partial charge in [0.25, 0.3) is 0 Å². The lowest BCUT2D eigenvalue weighted by Crippen LogP contribution is -2.34. The Bertz CT molecular complexity index is 1190. The van der Waals surface area contributed by atoms with Gasteiger partial charge >= 0.3 is 0 Å². The first-order valence-corrected chi connectivity index (χ1v) is 11.7. The average molecular weight is 442 g/mol. The van der Waals surface area contributed by atoms with Crippen molar-refractivity contribution in [1.82, 2.24) is 15.1 Å². The van der Waals surface area contributed by atoms with Crippen LogP contribution in [0.2, 0.25) is 5.02 Å². The van der Waals surface area contributed by atoms with E-state index < -0.39 is 9.84 Å². The Morgan fingerprint density at radius 2 is 1.87 bits per heavy atom. The first-order chi connectivity index (χ1) is 14.4. The second-order valence-electron chi connectivity index (χ2n) is 7.16. The van der Waals surface area contributed by atoms with Crippen LogP contribution in [-0.2, 0) is 14.6 Å². The van der Waals surface area contributed by atoms with Crippen LogP contribution in [0.4, 0.5) is 0 Å². The molecule has 0 saturated carbocycles.